The van der Waals surface area contributed by atoms with Gasteiger partial charge in [0.1, 0.15) is 21.3 Å². The number of sulfonamides is 1. The van der Waals surface area contributed by atoms with E-state index in [9.17, 15) is 44.7 Å². The first-order chi connectivity index (χ1) is 16.6. The van der Waals surface area contributed by atoms with Gasteiger partial charge in [0.05, 0.1) is 5.69 Å². The lowest BCUT2D eigenvalue weighted by atomic mass is 10.2. The van der Waals surface area contributed by atoms with Gasteiger partial charge in [-0.1, -0.05) is 30.3 Å². The molecule has 15 heteroatoms. The monoisotopic (exact) mass is 555 g/mol. The first-order valence-electron chi connectivity index (χ1n) is 9.63. The third kappa shape index (κ3) is 7.27. The Bertz CT molecular complexity index is 1340. The molecular formula is C21H15F6NO6S2. The molecule has 1 heterocycles. The molecule has 0 saturated carbocycles. The highest BCUT2D eigenvalue weighted by atomic mass is 32.2. The standard InChI is InChI=1S/C21H15F6NO6S2/c22-20(23,24)10-33-13-6-7-15(34-11-21(25,26)27)17(8-13)36(31,32)28-14-9-16(35-18(14)19(29)30)12-4-2-1-3-5-12/h1-9,28H,10-11H2,(H,29,30). The van der Waals surface area contributed by atoms with Crippen molar-refractivity contribution in [1.29, 1.82) is 0 Å². The zero-order valence-electron chi connectivity index (χ0n) is 17.7. The minimum Gasteiger partial charge on any atom is -0.484 e. The van der Waals surface area contributed by atoms with Gasteiger partial charge in [-0.15, -0.1) is 11.3 Å². The molecule has 3 aromatic rings. The van der Waals surface area contributed by atoms with Crippen LogP contribution in [0, 0.1) is 0 Å². The van der Waals surface area contributed by atoms with Crippen molar-refractivity contribution < 1.29 is 54.1 Å². The summed E-state index contributed by atoms with van der Waals surface area (Å²) in [7, 11) is -4.87. The van der Waals surface area contributed by atoms with Gasteiger partial charge in [-0.3, -0.25) is 4.72 Å². The number of alkyl halides is 6. The molecule has 0 saturated heterocycles. The number of hydrogen-bond acceptors (Lipinski definition) is 6. The number of benzene rings is 2. The normalized spacial score (nSPS) is 12.3. The lowest BCUT2D eigenvalue weighted by molar-refractivity contribution is -0.154. The Labute approximate surface area is 203 Å². The molecule has 7 nitrogen and oxygen atoms in total. The maximum absolute atomic E-state index is 13.1. The van der Waals surface area contributed by atoms with Gasteiger partial charge < -0.3 is 14.6 Å². The molecular weight excluding hydrogens is 540 g/mol. The summed E-state index contributed by atoms with van der Waals surface area (Å²) in [5.41, 5.74) is 0.155. The Balaban J connectivity index is 2.02. The van der Waals surface area contributed by atoms with E-state index in [1.54, 1.807) is 30.3 Å². The van der Waals surface area contributed by atoms with Gasteiger partial charge in [0, 0.05) is 10.9 Å². The van der Waals surface area contributed by atoms with Crippen LogP contribution >= 0.6 is 11.3 Å². The maximum atomic E-state index is 13.1. The molecule has 0 radical (unpaired) electrons. The van der Waals surface area contributed by atoms with Gasteiger partial charge in [-0.05, 0) is 23.8 Å². The number of carboxylic acid groups (broad SMARTS) is 1. The molecule has 0 fully saturated rings. The summed E-state index contributed by atoms with van der Waals surface area (Å²) in [6.07, 6.45) is -9.63. The number of ether oxygens (including phenoxy) is 2. The largest absolute Gasteiger partial charge is 0.484 e. The molecule has 194 valence electrons. The van der Waals surface area contributed by atoms with E-state index < -0.39 is 68.5 Å². The minimum atomic E-state index is -4.87. The van der Waals surface area contributed by atoms with Crippen molar-refractivity contribution in [3.63, 3.8) is 0 Å². The van der Waals surface area contributed by atoms with Crippen molar-refractivity contribution in [3.8, 4) is 21.9 Å². The van der Waals surface area contributed by atoms with Gasteiger partial charge in [-0.25, -0.2) is 13.2 Å². The Kier molecular flexibility index (Phi) is 7.73. The van der Waals surface area contributed by atoms with E-state index in [4.69, 9.17) is 0 Å². The topological polar surface area (TPSA) is 102 Å². The number of halogens is 6. The lowest BCUT2D eigenvalue weighted by Crippen LogP contribution is -2.22. The molecule has 3 rings (SSSR count). The second-order valence-electron chi connectivity index (χ2n) is 7.05. The van der Waals surface area contributed by atoms with E-state index >= 15 is 0 Å². The summed E-state index contributed by atoms with van der Waals surface area (Å²) in [5.74, 6) is -2.95. The maximum Gasteiger partial charge on any atom is 0.422 e. The van der Waals surface area contributed by atoms with Gasteiger partial charge in [0.15, 0.2) is 13.2 Å². The van der Waals surface area contributed by atoms with Crippen molar-refractivity contribution in [2.24, 2.45) is 0 Å². The van der Waals surface area contributed by atoms with Crippen molar-refractivity contribution in [2.45, 2.75) is 17.2 Å². The Morgan fingerprint density at radius 3 is 2.11 bits per heavy atom. The number of rotatable bonds is 9. The third-order valence-electron chi connectivity index (χ3n) is 4.23. The molecule has 36 heavy (non-hydrogen) atoms. The fourth-order valence-electron chi connectivity index (χ4n) is 2.80. The number of carboxylic acids is 1. The van der Waals surface area contributed by atoms with Crippen LogP contribution in [0.5, 0.6) is 11.5 Å². The van der Waals surface area contributed by atoms with Gasteiger partial charge in [-0.2, -0.15) is 26.3 Å². The summed E-state index contributed by atoms with van der Waals surface area (Å²) in [5, 5.41) is 9.51. The van der Waals surface area contributed by atoms with Crippen LogP contribution in [0.1, 0.15) is 9.67 Å². The number of carbonyl (C=O) groups is 1. The average Bonchev–Trinajstić information content (AvgIpc) is 3.19. The molecule has 0 aliphatic carbocycles. The van der Waals surface area contributed by atoms with E-state index in [-0.39, 0.29) is 0 Å². The van der Waals surface area contributed by atoms with Crippen molar-refractivity contribution >= 4 is 33.0 Å². The van der Waals surface area contributed by atoms with E-state index in [2.05, 4.69) is 9.47 Å². The fraction of sp³-hybridized carbons (Fsp3) is 0.190. The second kappa shape index (κ2) is 10.3. The van der Waals surface area contributed by atoms with Gasteiger partial charge in [0.25, 0.3) is 10.0 Å². The van der Waals surface area contributed by atoms with Crippen LogP contribution in [-0.2, 0) is 10.0 Å². The third-order valence-corrected chi connectivity index (χ3v) is 6.79. The highest BCUT2D eigenvalue weighted by Gasteiger charge is 2.32. The van der Waals surface area contributed by atoms with Crippen LogP contribution in [0.25, 0.3) is 10.4 Å². The zero-order valence-corrected chi connectivity index (χ0v) is 19.3. The SMILES string of the molecule is O=C(O)c1sc(-c2ccccc2)cc1NS(=O)(=O)c1cc(OCC(F)(F)F)ccc1OCC(F)(F)F. The minimum absolute atomic E-state index is 0.363. The summed E-state index contributed by atoms with van der Waals surface area (Å²) in [4.78, 5) is 10.6. The molecule has 0 atom stereocenters. The van der Waals surface area contributed by atoms with E-state index in [1.165, 1.54) is 6.07 Å². The molecule has 1 aromatic heterocycles. The summed E-state index contributed by atoms with van der Waals surface area (Å²) in [6, 6.07) is 11.6. The number of nitrogens with one attached hydrogen (secondary N) is 1. The number of anilines is 1. The van der Waals surface area contributed by atoms with Crippen molar-refractivity contribution in [3.05, 3.63) is 59.5 Å². The Morgan fingerprint density at radius 2 is 1.53 bits per heavy atom. The van der Waals surface area contributed by atoms with Gasteiger partial charge >= 0.3 is 18.3 Å². The van der Waals surface area contributed by atoms with Gasteiger partial charge in [0.2, 0.25) is 0 Å². The van der Waals surface area contributed by atoms with Crippen LogP contribution in [0.15, 0.2) is 59.5 Å². The zero-order chi connectivity index (χ0) is 26.7. The summed E-state index contributed by atoms with van der Waals surface area (Å²) in [6.45, 7) is -3.69. The molecule has 0 aliphatic rings. The molecule has 0 aliphatic heterocycles. The van der Waals surface area contributed by atoms with Crippen LogP contribution in [0.4, 0.5) is 32.0 Å². The van der Waals surface area contributed by atoms with E-state index in [1.807, 2.05) is 4.72 Å². The molecule has 0 unspecified atom stereocenters. The highest BCUT2D eigenvalue weighted by Crippen LogP contribution is 2.38. The number of aromatic carboxylic acids is 1. The van der Waals surface area contributed by atoms with Crippen molar-refractivity contribution in [2.75, 3.05) is 17.9 Å². The quantitative estimate of drug-likeness (QED) is 0.324. The molecule has 0 bridgehead atoms. The predicted octanol–water partition coefficient (Wildman–Crippen LogP) is 5.80. The van der Waals surface area contributed by atoms with Crippen LogP contribution in [-0.4, -0.2) is 45.1 Å². The predicted molar refractivity (Wildman–Crippen MR) is 117 cm³/mol. The lowest BCUT2D eigenvalue weighted by Gasteiger charge is -2.16. The first-order valence-corrected chi connectivity index (χ1v) is 11.9. The number of thiophene rings is 1. The Hall–Kier alpha value is -3.46. The van der Waals surface area contributed by atoms with E-state index in [0.29, 0.717) is 22.6 Å². The van der Waals surface area contributed by atoms with Crippen molar-refractivity contribution in [1.82, 2.24) is 0 Å². The summed E-state index contributed by atoms with van der Waals surface area (Å²) >= 11 is 0.732. The molecule has 0 amide bonds. The average molecular weight is 555 g/mol. The number of hydrogen-bond donors (Lipinski definition) is 2. The highest BCUT2D eigenvalue weighted by molar-refractivity contribution is 7.92. The Morgan fingerprint density at radius 1 is 0.917 bits per heavy atom. The van der Waals surface area contributed by atoms with Crippen LogP contribution in [0.3, 0.4) is 0 Å². The molecule has 2 N–H and O–H groups in total. The fourth-order valence-corrected chi connectivity index (χ4v) is 5.05. The van der Waals surface area contributed by atoms with E-state index in [0.717, 1.165) is 17.4 Å². The van der Waals surface area contributed by atoms with Crippen LogP contribution in [0.2, 0.25) is 0 Å². The summed E-state index contributed by atoms with van der Waals surface area (Å²) < 4.78 is 113. The second-order valence-corrected chi connectivity index (χ2v) is 9.75. The van der Waals surface area contributed by atoms with Crippen LogP contribution < -0.4 is 14.2 Å². The smallest absolute Gasteiger partial charge is 0.422 e. The first kappa shape index (κ1) is 27.1. The molecule has 0 spiro atoms. The molecule has 2 aromatic carbocycles.